The molecule has 0 spiro atoms. The molecule has 3 aromatic carbocycles. The van der Waals surface area contributed by atoms with Crippen LogP contribution in [0.4, 0.5) is 10.5 Å². The number of carbonyl (C=O) groups is 2. The van der Waals surface area contributed by atoms with Crippen LogP contribution in [-0.4, -0.2) is 56.0 Å². The molecule has 3 rings (SSSR count). The lowest BCUT2D eigenvalue weighted by atomic mass is 10.0. The zero-order valence-corrected chi connectivity index (χ0v) is 20.3. The summed E-state index contributed by atoms with van der Waals surface area (Å²) in [6.07, 6.45) is -1.96. The van der Waals surface area contributed by atoms with Gasteiger partial charge in [-0.25, -0.2) is 4.79 Å². The molecule has 0 aromatic heterocycles. The number of nitrogens with one attached hydrogen (secondary N) is 1. The van der Waals surface area contributed by atoms with Gasteiger partial charge in [0.05, 0.1) is 24.7 Å². The Hall–Kier alpha value is -3.27. The highest BCUT2D eigenvalue weighted by Gasteiger charge is 2.30. The molecule has 0 heterocycles. The zero-order valence-electron chi connectivity index (χ0n) is 19.4. The van der Waals surface area contributed by atoms with Gasteiger partial charge in [-0.15, -0.1) is 0 Å². The molecule has 3 aromatic rings. The van der Waals surface area contributed by atoms with E-state index in [0.717, 1.165) is 10.8 Å². The summed E-state index contributed by atoms with van der Waals surface area (Å²) < 4.78 is 22.3. The smallest absolute Gasteiger partial charge is 0.412 e. The van der Waals surface area contributed by atoms with Gasteiger partial charge in [0.2, 0.25) is 0 Å². The average Bonchev–Trinajstić information content (AvgIpc) is 2.89. The molecule has 2 N–H and O–H groups in total. The number of anilines is 1. The lowest BCUT2D eigenvalue weighted by Gasteiger charge is -2.28. The number of amides is 1. The Balaban J connectivity index is 1.85. The summed E-state index contributed by atoms with van der Waals surface area (Å²) in [6.45, 7) is -0.0414. The SMILES string of the molecule is CO[C@@H](CCOC(=O)CS)[C@@H](OC(=O)Nc1cccc2ccccc12)c1ccccc1OCCO. The molecule has 0 saturated heterocycles. The number of esters is 1. The summed E-state index contributed by atoms with van der Waals surface area (Å²) in [5.74, 6) is -0.0528. The number of aliphatic hydroxyl groups is 1. The topological polar surface area (TPSA) is 103 Å². The Kier molecular flexibility index (Phi) is 10.2. The van der Waals surface area contributed by atoms with Crippen LogP contribution in [0.5, 0.6) is 5.75 Å². The Labute approximate surface area is 209 Å². The van der Waals surface area contributed by atoms with Crippen molar-refractivity contribution in [3.8, 4) is 5.75 Å². The van der Waals surface area contributed by atoms with Crippen molar-refractivity contribution in [3.05, 3.63) is 72.3 Å². The quantitative estimate of drug-likeness (QED) is 0.251. The summed E-state index contributed by atoms with van der Waals surface area (Å²) in [7, 11) is 1.49. The molecule has 0 bridgehead atoms. The molecule has 1 amide bonds. The predicted octanol–water partition coefficient (Wildman–Crippen LogP) is 4.38. The van der Waals surface area contributed by atoms with Crippen LogP contribution in [0, 0.1) is 0 Å². The predicted molar refractivity (Wildman–Crippen MR) is 136 cm³/mol. The molecule has 186 valence electrons. The average molecular weight is 500 g/mol. The van der Waals surface area contributed by atoms with Gasteiger partial charge < -0.3 is 24.1 Å². The highest BCUT2D eigenvalue weighted by atomic mass is 32.1. The van der Waals surface area contributed by atoms with Crippen molar-refractivity contribution in [2.24, 2.45) is 0 Å². The lowest BCUT2D eigenvalue weighted by Crippen LogP contribution is -2.30. The van der Waals surface area contributed by atoms with Gasteiger partial charge in [0.15, 0.2) is 6.10 Å². The van der Waals surface area contributed by atoms with Crippen LogP contribution < -0.4 is 10.1 Å². The molecular formula is C26H29NO7S. The van der Waals surface area contributed by atoms with E-state index in [9.17, 15) is 14.7 Å². The Morgan fingerprint density at radius 3 is 2.51 bits per heavy atom. The van der Waals surface area contributed by atoms with E-state index in [-0.39, 0.29) is 32.0 Å². The number of ether oxygens (including phenoxy) is 4. The van der Waals surface area contributed by atoms with Crippen LogP contribution in [0.2, 0.25) is 0 Å². The van der Waals surface area contributed by atoms with Gasteiger partial charge in [0.25, 0.3) is 0 Å². The maximum absolute atomic E-state index is 13.0. The molecule has 8 nitrogen and oxygen atoms in total. The van der Waals surface area contributed by atoms with E-state index >= 15 is 0 Å². The molecule has 0 unspecified atom stereocenters. The van der Waals surface area contributed by atoms with Crippen LogP contribution in [0.25, 0.3) is 10.8 Å². The highest BCUT2D eigenvalue weighted by Crippen LogP contribution is 2.33. The number of thiol groups is 1. The van der Waals surface area contributed by atoms with Crippen LogP contribution >= 0.6 is 12.6 Å². The standard InChI is InChI=1S/C26H29NO7S/c1-31-23(13-15-33-24(29)17-35)25(20-10-4-5-12-22(20)32-16-14-28)34-26(30)27-21-11-6-8-18-7-2-3-9-19(18)21/h2-12,23,25,28,35H,13-17H2,1H3,(H,27,30)/t23-,25-/m0/s1. The van der Waals surface area contributed by atoms with Gasteiger partial charge in [0, 0.05) is 24.5 Å². The molecule has 0 fully saturated rings. The first-order valence-corrected chi connectivity index (χ1v) is 11.8. The second kappa shape index (κ2) is 13.6. The molecular weight excluding hydrogens is 470 g/mol. The van der Waals surface area contributed by atoms with Gasteiger partial charge in [-0.05, 0) is 17.5 Å². The molecule has 0 radical (unpaired) electrons. The molecule has 35 heavy (non-hydrogen) atoms. The van der Waals surface area contributed by atoms with E-state index in [1.165, 1.54) is 7.11 Å². The van der Waals surface area contributed by atoms with E-state index < -0.39 is 24.3 Å². The van der Waals surface area contributed by atoms with E-state index in [0.29, 0.717) is 17.0 Å². The fraction of sp³-hybridized carbons (Fsp3) is 0.308. The van der Waals surface area contributed by atoms with Gasteiger partial charge in [0.1, 0.15) is 18.5 Å². The van der Waals surface area contributed by atoms with E-state index in [1.54, 1.807) is 30.3 Å². The van der Waals surface area contributed by atoms with E-state index in [2.05, 4.69) is 17.9 Å². The normalized spacial score (nSPS) is 12.5. The van der Waals surface area contributed by atoms with Gasteiger partial charge in [-0.3, -0.25) is 10.1 Å². The minimum Gasteiger partial charge on any atom is -0.491 e. The van der Waals surface area contributed by atoms with Gasteiger partial charge in [-0.1, -0.05) is 54.6 Å². The third kappa shape index (κ3) is 7.35. The number of hydrogen-bond acceptors (Lipinski definition) is 8. The van der Waals surface area contributed by atoms with Crippen LogP contribution in [0.1, 0.15) is 18.1 Å². The number of carbonyl (C=O) groups excluding carboxylic acids is 2. The number of aliphatic hydroxyl groups excluding tert-OH is 1. The molecule has 9 heteroatoms. The number of benzene rings is 3. The maximum atomic E-state index is 13.0. The Morgan fingerprint density at radius 1 is 1.00 bits per heavy atom. The van der Waals surface area contributed by atoms with Crippen LogP contribution in [-0.2, 0) is 19.0 Å². The van der Waals surface area contributed by atoms with Crippen molar-refractivity contribution in [2.45, 2.75) is 18.6 Å². The summed E-state index contributed by atoms with van der Waals surface area (Å²) >= 11 is 3.90. The molecule has 0 aliphatic carbocycles. The number of fused-ring (bicyclic) bond motifs is 1. The van der Waals surface area contributed by atoms with Crippen LogP contribution in [0.15, 0.2) is 66.7 Å². The van der Waals surface area contributed by atoms with Crippen molar-refractivity contribution in [2.75, 3.05) is 38.0 Å². The first kappa shape index (κ1) is 26.3. The fourth-order valence-electron chi connectivity index (χ4n) is 3.66. The number of methoxy groups -OCH3 is 1. The zero-order chi connectivity index (χ0) is 25.0. The van der Waals surface area contributed by atoms with Crippen molar-refractivity contribution in [1.82, 2.24) is 0 Å². The first-order valence-electron chi connectivity index (χ1n) is 11.1. The summed E-state index contributed by atoms with van der Waals surface area (Å²) in [6, 6.07) is 20.3. The molecule has 2 atom stereocenters. The number of para-hydroxylation sites is 1. The largest absolute Gasteiger partial charge is 0.491 e. The summed E-state index contributed by atoms with van der Waals surface area (Å²) in [4.78, 5) is 24.6. The lowest BCUT2D eigenvalue weighted by molar-refractivity contribution is -0.141. The van der Waals surface area contributed by atoms with Crippen molar-refractivity contribution >= 4 is 41.2 Å². The number of rotatable bonds is 12. The molecule has 0 aliphatic heterocycles. The first-order chi connectivity index (χ1) is 17.1. The van der Waals surface area contributed by atoms with Crippen molar-refractivity contribution in [1.29, 1.82) is 0 Å². The van der Waals surface area contributed by atoms with Gasteiger partial charge in [-0.2, -0.15) is 12.6 Å². The summed E-state index contributed by atoms with van der Waals surface area (Å²) in [5, 5.41) is 13.9. The maximum Gasteiger partial charge on any atom is 0.412 e. The van der Waals surface area contributed by atoms with Gasteiger partial charge >= 0.3 is 12.1 Å². The molecule has 0 saturated carbocycles. The third-order valence-corrected chi connectivity index (χ3v) is 5.53. The minimum absolute atomic E-state index is 0.0388. The fourth-order valence-corrected chi connectivity index (χ4v) is 3.75. The minimum atomic E-state index is -0.889. The van der Waals surface area contributed by atoms with Crippen LogP contribution in [0.3, 0.4) is 0 Å². The highest BCUT2D eigenvalue weighted by molar-refractivity contribution is 7.81. The van der Waals surface area contributed by atoms with E-state index in [4.69, 9.17) is 18.9 Å². The number of hydrogen-bond donors (Lipinski definition) is 3. The Bertz CT molecular complexity index is 1120. The third-order valence-electron chi connectivity index (χ3n) is 5.27. The Morgan fingerprint density at radius 2 is 1.74 bits per heavy atom. The summed E-state index contributed by atoms with van der Waals surface area (Å²) in [5.41, 5.74) is 1.16. The monoisotopic (exact) mass is 499 g/mol. The second-order valence-corrected chi connectivity index (χ2v) is 7.85. The van der Waals surface area contributed by atoms with Crippen molar-refractivity contribution < 1.29 is 33.6 Å². The molecule has 0 aliphatic rings. The van der Waals surface area contributed by atoms with Crippen molar-refractivity contribution in [3.63, 3.8) is 0 Å². The van der Waals surface area contributed by atoms with E-state index in [1.807, 2.05) is 36.4 Å². The second-order valence-electron chi connectivity index (χ2n) is 7.53.